The Morgan fingerprint density at radius 2 is 2.04 bits per heavy atom. The van der Waals surface area contributed by atoms with Gasteiger partial charge in [0.2, 0.25) is 5.91 Å². The minimum absolute atomic E-state index is 0.193. The second-order valence-electron chi connectivity index (χ2n) is 6.71. The second-order valence-corrected chi connectivity index (χ2v) is 6.71. The van der Waals surface area contributed by atoms with Gasteiger partial charge in [0.15, 0.2) is 0 Å². The molecule has 4 rings (SSSR count). The molecule has 0 atom stereocenters. The van der Waals surface area contributed by atoms with E-state index in [4.69, 9.17) is 4.99 Å². The highest BCUT2D eigenvalue weighted by molar-refractivity contribution is 6.15. The lowest BCUT2D eigenvalue weighted by molar-refractivity contribution is -0.130. The van der Waals surface area contributed by atoms with Crippen LogP contribution in [-0.4, -0.2) is 41.1 Å². The van der Waals surface area contributed by atoms with Crippen LogP contribution in [0.15, 0.2) is 64.9 Å². The van der Waals surface area contributed by atoms with Crippen molar-refractivity contribution in [2.24, 2.45) is 4.99 Å². The predicted octanol–water partition coefficient (Wildman–Crippen LogP) is 2.96. The first-order valence-electron chi connectivity index (χ1n) is 8.70. The number of aryl methyl sites for hydroxylation is 1. The van der Waals surface area contributed by atoms with Gasteiger partial charge in [0.05, 0.1) is 18.7 Å². The maximum atomic E-state index is 12.8. The van der Waals surface area contributed by atoms with Gasteiger partial charge in [-0.25, -0.2) is 0 Å². The summed E-state index contributed by atoms with van der Waals surface area (Å²) in [5, 5.41) is 0. The SMILES string of the molecule is Cc1cccc(CC(=O)N2CCC3=C(C2)C(c2ccncc2)=NC3)c1. The normalized spacial score (nSPS) is 16.7. The average Bonchev–Trinajstić information content (AvgIpc) is 3.05. The molecular formula is C21H21N3O. The molecule has 0 unspecified atom stereocenters. The molecule has 0 fully saturated rings. The van der Waals surface area contributed by atoms with E-state index >= 15 is 0 Å². The third-order valence-corrected chi connectivity index (χ3v) is 4.92. The lowest BCUT2D eigenvalue weighted by Crippen LogP contribution is -2.39. The van der Waals surface area contributed by atoms with Crippen molar-refractivity contribution in [3.05, 3.63) is 76.6 Å². The monoisotopic (exact) mass is 331 g/mol. The lowest BCUT2D eigenvalue weighted by Gasteiger charge is -2.29. The maximum absolute atomic E-state index is 12.8. The molecule has 0 bridgehead atoms. The van der Waals surface area contributed by atoms with Crippen LogP contribution in [0, 0.1) is 6.92 Å². The third-order valence-electron chi connectivity index (χ3n) is 4.92. The molecule has 4 nitrogen and oxygen atoms in total. The summed E-state index contributed by atoms with van der Waals surface area (Å²) in [4.78, 5) is 23.5. The highest BCUT2D eigenvalue weighted by Gasteiger charge is 2.28. The highest BCUT2D eigenvalue weighted by Crippen LogP contribution is 2.27. The van der Waals surface area contributed by atoms with Crippen molar-refractivity contribution >= 4 is 11.6 Å². The lowest BCUT2D eigenvalue weighted by atomic mass is 9.95. The number of hydrogen-bond donors (Lipinski definition) is 0. The molecule has 4 heteroatoms. The van der Waals surface area contributed by atoms with Gasteiger partial charge in [-0.2, -0.15) is 0 Å². The second kappa shape index (κ2) is 6.63. The Balaban J connectivity index is 1.50. The van der Waals surface area contributed by atoms with Crippen molar-refractivity contribution < 1.29 is 4.79 Å². The molecule has 0 saturated carbocycles. The maximum Gasteiger partial charge on any atom is 0.227 e. The van der Waals surface area contributed by atoms with E-state index in [2.05, 4.69) is 24.0 Å². The van der Waals surface area contributed by atoms with Crippen LogP contribution < -0.4 is 0 Å². The number of nitrogens with zero attached hydrogens (tertiary/aromatic N) is 3. The van der Waals surface area contributed by atoms with E-state index in [-0.39, 0.29) is 5.91 Å². The molecule has 25 heavy (non-hydrogen) atoms. The van der Waals surface area contributed by atoms with Gasteiger partial charge in [-0.15, -0.1) is 0 Å². The average molecular weight is 331 g/mol. The van der Waals surface area contributed by atoms with E-state index in [0.717, 1.165) is 36.3 Å². The molecule has 3 heterocycles. The summed E-state index contributed by atoms with van der Waals surface area (Å²) in [6, 6.07) is 12.2. The molecule has 1 aromatic heterocycles. The van der Waals surface area contributed by atoms with Crippen LogP contribution >= 0.6 is 0 Å². The molecule has 0 spiro atoms. The van der Waals surface area contributed by atoms with Crippen LogP contribution in [0.1, 0.15) is 23.1 Å². The van der Waals surface area contributed by atoms with Crippen LogP contribution in [0.25, 0.3) is 0 Å². The summed E-state index contributed by atoms with van der Waals surface area (Å²) in [6.07, 6.45) is 4.97. The first-order valence-corrected chi connectivity index (χ1v) is 8.70. The molecule has 0 radical (unpaired) electrons. The number of amides is 1. The number of aliphatic imine (C=N–C) groups is 1. The van der Waals surface area contributed by atoms with Gasteiger partial charge in [-0.3, -0.25) is 14.8 Å². The Hall–Kier alpha value is -2.75. The summed E-state index contributed by atoms with van der Waals surface area (Å²) in [5.74, 6) is 0.193. The van der Waals surface area contributed by atoms with Crippen LogP contribution in [0.3, 0.4) is 0 Å². The molecule has 2 aliphatic rings. The standard InChI is InChI=1S/C21H21N3O/c1-15-3-2-4-16(11-15)12-20(25)24-10-7-18-13-23-21(19(18)14-24)17-5-8-22-9-6-17/h2-6,8-9,11H,7,10,12-14H2,1H3. The topological polar surface area (TPSA) is 45.6 Å². The van der Waals surface area contributed by atoms with Crippen molar-refractivity contribution in [2.75, 3.05) is 19.6 Å². The number of pyridine rings is 1. The van der Waals surface area contributed by atoms with Crippen molar-refractivity contribution in [1.82, 2.24) is 9.88 Å². The Bertz CT molecular complexity index is 868. The zero-order valence-corrected chi connectivity index (χ0v) is 14.4. The Morgan fingerprint density at radius 3 is 2.84 bits per heavy atom. The van der Waals surface area contributed by atoms with E-state index in [1.165, 1.54) is 16.7 Å². The number of benzene rings is 1. The van der Waals surface area contributed by atoms with Crippen molar-refractivity contribution in [2.45, 2.75) is 19.8 Å². The first kappa shape index (κ1) is 15.8. The molecule has 2 aromatic rings. The van der Waals surface area contributed by atoms with Gasteiger partial charge in [0.25, 0.3) is 0 Å². The minimum Gasteiger partial charge on any atom is -0.338 e. The van der Waals surface area contributed by atoms with Crippen LogP contribution in [0.5, 0.6) is 0 Å². The molecule has 2 aliphatic heterocycles. The van der Waals surface area contributed by atoms with E-state index < -0.39 is 0 Å². The van der Waals surface area contributed by atoms with Gasteiger partial charge in [-0.1, -0.05) is 29.8 Å². The fourth-order valence-electron chi connectivity index (χ4n) is 3.59. The summed E-state index contributed by atoms with van der Waals surface area (Å²) in [6.45, 7) is 4.29. The van der Waals surface area contributed by atoms with Crippen molar-refractivity contribution in [1.29, 1.82) is 0 Å². The van der Waals surface area contributed by atoms with Gasteiger partial charge in [-0.05, 0) is 42.2 Å². The number of carbonyl (C=O) groups excluding carboxylic acids is 1. The number of aromatic nitrogens is 1. The van der Waals surface area contributed by atoms with E-state index in [9.17, 15) is 4.79 Å². The molecule has 0 saturated heterocycles. The van der Waals surface area contributed by atoms with Crippen LogP contribution in [-0.2, 0) is 11.2 Å². The number of hydrogen-bond acceptors (Lipinski definition) is 3. The van der Waals surface area contributed by atoms with E-state index in [1.807, 2.05) is 29.2 Å². The third kappa shape index (κ3) is 3.25. The zero-order chi connectivity index (χ0) is 17.2. The first-order chi connectivity index (χ1) is 12.2. The number of rotatable bonds is 3. The summed E-state index contributed by atoms with van der Waals surface area (Å²) in [5.41, 5.74) is 7.01. The quantitative estimate of drug-likeness (QED) is 0.868. The summed E-state index contributed by atoms with van der Waals surface area (Å²) >= 11 is 0. The Kier molecular flexibility index (Phi) is 4.18. The van der Waals surface area contributed by atoms with Crippen molar-refractivity contribution in [3.63, 3.8) is 0 Å². The van der Waals surface area contributed by atoms with Crippen LogP contribution in [0.2, 0.25) is 0 Å². The number of carbonyl (C=O) groups is 1. The smallest absolute Gasteiger partial charge is 0.227 e. The summed E-state index contributed by atoms with van der Waals surface area (Å²) < 4.78 is 0. The van der Waals surface area contributed by atoms with E-state index in [1.54, 1.807) is 12.4 Å². The fraction of sp³-hybridized carbons (Fsp3) is 0.286. The molecule has 0 N–H and O–H groups in total. The van der Waals surface area contributed by atoms with E-state index in [0.29, 0.717) is 13.0 Å². The molecule has 0 aliphatic carbocycles. The van der Waals surface area contributed by atoms with Crippen molar-refractivity contribution in [3.8, 4) is 0 Å². The molecule has 126 valence electrons. The van der Waals surface area contributed by atoms with Gasteiger partial charge >= 0.3 is 0 Å². The van der Waals surface area contributed by atoms with Crippen LogP contribution in [0.4, 0.5) is 0 Å². The van der Waals surface area contributed by atoms with Gasteiger partial charge < -0.3 is 4.90 Å². The van der Waals surface area contributed by atoms with Gasteiger partial charge in [0, 0.05) is 31.0 Å². The zero-order valence-electron chi connectivity index (χ0n) is 14.4. The summed E-state index contributed by atoms with van der Waals surface area (Å²) in [7, 11) is 0. The fourth-order valence-corrected chi connectivity index (χ4v) is 3.59. The Morgan fingerprint density at radius 1 is 1.20 bits per heavy atom. The Labute approximate surface area is 147 Å². The molecule has 1 aromatic carbocycles. The highest BCUT2D eigenvalue weighted by atomic mass is 16.2. The largest absolute Gasteiger partial charge is 0.338 e. The minimum atomic E-state index is 0.193. The van der Waals surface area contributed by atoms with Gasteiger partial charge in [0.1, 0.15) is 0 Å². The molecule has 1 amide bonds. The molecular weight excluding hydrogens is 310 g/mol. The predicted molar refractivity (Wildman–Crippen MR) is 98.7 cm³/mol.